The average molecular weight is 404 g/mol. The molecule has 3 heterocycles. The molecule has 0 radical (unpaired) electrons. The van der Waals surface area contributed by atoms with Gasteiger partial charge >= 0.3 is 0 Å². The lowest BCUT2D eigenvalue weighted by Gasteiger charge is -2.27. The van der Waals surface area contributed by atoms with E-state index in [4.69, 9.17) is 0 Å². The summed E-state index contributed by atoms with van der Waals surface area (Å²) in [5.41, 5.74) is 1.70. The topological polar surface area (TPSA) is 84.2 Å². The maximum absolute atomic E-state index is 13.4. The zero-order chi connectivity index (χ0) is 21.1. The number of aromatic nitrogens is 4. The molecule has 1 aliphatic rings. The highest BCUT2D eigenvalue weighted by atomic mass is 16.2. The fraction of sp³-hybridized carbons (Fsp3) is 0.318. The summed E-state index contributed by atoms with van der Waals surface area (Å²) in [5, 5.41) is 8.35. The SMILES string of the molecule is CC(=O)c1cccc(N2CCC(C)N(C(=O)c3ccccc3-n3nccn3)CC2)n1. The number of amides is 1. The van der Waals surface area contributed by atoms with E-state index in [0.717, 1.165) is 18.8 Å². The Labute approximate surface area is 175 Å². The van der Waals surface area contributed by atoms with Crippen LogP contribution in [-0.4, -0.2) is 62.2 Å². The van der Waals surface area contributed by atoms with Crippen LogP contribution >= 0.6 is 0 Å². The van der Waals surface area contributed by atoms with E-state index >= 15 is 0 Å². The van der Waals surface area contributed by atoms with E-state index < -0.39 is 0 Å². The second kappa shape index (κ2) is 8.44. The Morgan fingerprint density at radius 1 is 0.967 bits per heavy atom. The van der Waals surface area contributed by atoms with Crippen molar-refractivity contribution in [3.05, 3.63) is 66.1 Å². The first-order valence-corrected chi connectivity index (χ1v) is 10.0. The zero-order valence-electron chi connectivity index (χ0n) is 17.1. The number of hydrogen-bond donors (Lipinski definition) is 0. The summed E-state index contributed by atoms with van der Waals surface area (Å²) in [7, 11) is 0. The van der Waals surface area contributed by atoms with Crippen LogP contribution in [0.1, 0.15) is 41.1 Å². The average Bonchev–Trinajstić information content (AvgIpc) is 3.23. The third kappa shape index (κ3) is 3.94. The van der Waals surface area contributed by atoms with Gasteiger partial charge in [-0.15, -0.1) is 0 Å². The molecule has 4 rings (SSSR count). The molecule has 1 atom stereocenters. The number of anilines is 1. The molecule has 30 heavy (non-hydrogen) atoms. The number of pyridine rings is 1. The van der Waals surface area contributed by atoms with Crippen LogP contribution < -0.4 is 4.90 Å². The quantitative estimate of drug-likeness (QED) is 0.622. The molecule has 1 unspecified atom stereocenters. The number of para-hydroxylation sites is 1. The Kier molecular flexibility index (Phi) is 5.56. The molecule has 8 heteroatoms. The van der Waals surface area contributed by atoms with E-state index in [9.17, 15) is 9.59 Å². The molecule has 3 aromatic rings. The van der Waals surface area contributed by atoms with Gasteiger partial charge in [0, 0.05) is 32.6 Å². The molecule has 0 saturated carbocycles. The third-order valence-corrected chi connectivity index (χ3v) is 5.41. The number of ketones is 1. The minimum absolute atomic E-state index is 0.0392. The van der Waals surface area contributed by atoms with Gasteiger partial charge in [-0.25, -0.2) is 4.98 Å². The molecule has 1 amide bonds. The van der Waals surface area contributed by atoms with Crippen molar-refractivity contribution in [2.24, 2.45) is 0 Å². The summed E-state index contributed by atoms with van der Waals surface area (Å²) in [4.78, 5) is 35.1. The van der Waals surface area contributed by atoms with Crippen LogP contribution in [0.4, 0.5) is 5.82 Å². The largest absolute Gasteiger partial charge is 0.355 e. The number of carbonyl (C=O) groups is 2. The molecule has 0 N–H and O–H groups in total. The number of Topliss-reactive ketones (excluding diaryl/α,β-unsaturated/α-hetero) is 1. The highest BCUT2D eigenvalue weighted by Gasteiger charge is 2.28. The van der Waals surface area contributed by atoms with Crippen LogP contribution in [0.15, 0.2) is 54.9 Å². The number of nitrogens with zero attached hydrogens (tertiary/aromatic N) is 6. The second-order valence-corrected chi connectivity index (χ2v) is 7.40. The van der Waals surface area contributed by atoms with Crippen molar-refractivity contribution in [2.45, 2.75) is 26.3 Å². The van der Waals surface area contributed by atoms with Crippen molar-refractivity contribution in [1.29, 1.82) is 0 Å². The molecular weight excluding hydrogens is 380 g/mol. The van der Waals surface area contributed by atoms with Gasteiger partial charge in [-0.2, -0.15) is 15.0 Å². The summed E-state index contributed by atoms with van der Waals surface area (Å²) < 4.78 is 0. The van der Waals surface area contributed by atoms with Crippen molar-refractivity contribution in [3.8, 4) is 5.69 Å². The third-order valence-electron chi connectivity index (χ3n) is 5.41. The first kappa shape index (κ1) is 19.8. The van der Waals surface area contributed by atoms with Crippen LogP contribution in [0, 0.1) is 0 Å². The molecular formula is C22H24N6O2. The number of rotatable bonds is 4. The van der Waals surface area contributed by atoms with Gasteiger partial charge < -0.3 is 9.80 Å². The Bertz CT molecular complexity index is 1050. The molecule has 0 spiro atoms. The Balaban J connectivity index is 1.56. The van der Waals surface area contributed by atoms with Crippen molar-refractivity contribution in [1.82, 2.24) is 24.9 Å². The lowest BCUT2D eigenvalue weighted by molar-refractivity contribution is 0.0704. The molecule has 1 fully saturated rings. The van der Waals surface area contributed by atoms with E-state index in [-0.39, 0.29) is 17.7 Å². The Morgan fingerprint density at radius 2 is 1.73 bits per heavy atom. The monoisotopic (exact) mass is 404 g/mol. The van der Waals surface area contributed by atoms with Gasteiger partial charge in [0.15, 0.2) is 5.78 Å². The van der Waals surface area contributed by atoms with Crippen molar-refractivity contribution < 1.29 is 9.59 Å². The summed E-state index contributed by atoms with van der Waals surface area (Å²) in [6.45, 7) is 5.56. The normalized spacial score (nSPS) is 16.9. The van der Waals surface area contributed by atoms with Gasteiger partial charge in [0.2, 0.25) is 0 Å². The van der Waals surface area contributed by atoms with Crippen LogP contribution in [-0.2, 0) is 0 Å². The summed E-state index contributed by atoms with van der Waals surface area (Å²) in [6, 6.07) is 12.9. The fourth-order valence-corrected chi connectivity index (χ4v) is 3.71. The molecule has 0 bridgehead atoms. The summed E-state index contributed by atoms with van der Waals surface area (Å²) in [5.74, 6) is 0.675. The molecule has 1 aromatic carbocycles. The standard InChI is InChI=1S/C22H24N6O2/c1-16-10-13-26(21-9-5-7-19(25-21)17(2)29)14-15-27(16)22(30)18-6-3-4-8-20(18)28-23-11-12-24-28/h3-9,11-12,16H,10,13-15H2,1-2H3. The van der Waals surface area contributed by atoms with Gasteiger partial charge in [-0.1, -0.05) is 18.2 Å². The van der Waals surface area contributed by atoms with Crippen molar-refractivity contribution in [2.75, 3.05) is 24.5 Å². The summed E-state index contributed by atoms with van der Waals surface area (Å²) >= 11 is 0. The predicted molar refractivity (Wildman–Crippen MR) is 113 cm³/mol. The maximum atomic E-state index is 13.4. The van der Waals surface area contributed by atoms with E-state index in [1.807, 2.05) is 41.3 Å². The predicted octanol–water partition coefficient (Wildman–Crippen LogP) is 2.61. The van der Waals surface area contributed by atoms with Crippen molar-refractivity contribution in [3.63, 3.8) is 0 Å². The smallest absolute Gasteiger partial charge is 0.256 e. The minimum atomic E-state index is -0.0549. The van der Waals surface area contributed by atoms with Crippen molar-refractivity contribution >= 4 is 17.5 Å². The second-order valence-electron chi connectivity index (χ2n) is 7.40. The molecule has 0 aliphatic carbocycles. The number of carbonyl (C=O) groups excluding carboxylic acids is 2. The molecule has 8 nitrogen and oxygen atoms in total. The van der Waals surface area contributed by atoms with E-state index in [0.29, 0.717) is 30.0 Å². The maximum Gasteiger partial charge on any atom is 0.256 e. The highest BCUT2D eigenvalue weighted by Crippen LogP contribution is 2.21. The minimum Gasteiger partial charge on any atom is -0.355 e. The van der Waals surface area contributed by atoms with Gasteiger partial charge in [0.1, 0.15) is 11.5 Å². The molecule has 1 aliphatic heterocycles. The lowest BCUT2D eigenvalue weighted by Crippen LogP contribution is -2.40. The molecule has 2 aromatic heterocycles. The van der Waals surface area contributed by atoms with Gasteiger partial charge in [-0.05, 0) is 37.6 Å². The van der Waals surface area contributed by atoms with E-state index in [1.54, 1.807) is 18.5 Å². The number of hydrogen-bond acceptors (Lipinski definition) is 6. The fourth-order valence-electron chi connectivity index (χ4n) is 3.71. The van der Waals surface area contributed by atoms with E-state index in [2.05, 4.69) is 27.0 Å². The van der Waals surface area contributed by atoms with Gasteiger partial charge in [0.25, 0.3) is 5.91 Å². The summed E-state index contributed by atoms with van der Waals surface area (Å²) in [6.07, 6.45) is 3.99. The first-order chi connectivity index (χ1) is 14.5. The lowest BCUT2D eigenvalue weighted by atomic mass is 10.1. The zero-order valence-corrected chi connectivity index (χ0v) is 17.1. The highest BCUT2D eigenvalue weighted by molar-refractivity contribution is 5.98. The van der Waals surface area contributed by atoms with Crippen LogP contribution in [0.3, 0.4) is 0 Å². The Hall–Kier alpha value is -3.55. The van der Waals surface area contributed by atoms with Crippen LogP contribution in [0.25, 0.3) is 5.69 Å². The molecule has 1 saturated heterocycles. The van der Waals surface area contributed by atoms with Crippen LogP contribution in [0.2, 0.25) is 0 Å². The van der Waals surface area contributed by atoms with Gasteiger partial charge in [0.05, 0.1) is 23.6 Å². The van der Waals surface area contributed by atoms with Crippen LogP contribution in [0.5, 0.6) is 0 Å². The molecule has 154 valence electrons. The van der Waals surface area contributed by atoms with Gasteiger partial charge in [-0.3, -0.25) is 9.59 Å². The van der Waals surface area contributed by atoms with E-state index in [1.165, 1.54) is 11.7 Å². The first-order valence-electron chi connectivity index (χ1n) is 10.0. The Morgan fingerprint density at radius 3 is 2.50 bits per heavy atom. The number of benzene rings is 1.